The molecule has 0 spiro atoms. The predicted molar refractivity (Wildman–Crippen MR) is 55.8 cm³/mol. The van der Waals surface area contributed by atoms with Crippen molar-refractivity contribution in [2.24, 2.45) is 0 Å². The molecule has 3 heteroatoms. The van der Waals surface area contributed by atoms with E-state index in [0.717, 1.165) is 6.42 Å². The number of hydrogen-bond acceptors (Lipinski definition) is 0. The molecule has 0 unspecified atom stereocenters. The summed E-state index contributed by atoms with van der Waals surface area (Å²) in [7, 11) is 0. The average molecular weight is 219 g/mol. The van der Waals surface area contributed by atoms with Crippen LogP contribution in [0.1, 0.15) is 12.0 Å². The second-order valence-corrected chi connectivity index (χ2v) is 3.31. The Kier molecular flexibility index (Phi) is 4.26. The second-order valence-electron chi connectivity index (χ2n) is 2.52. The molecular formula is C10H9Cl2F. The molecule has 0 saturated carbocycles. The van der Waals surface area contributed by atoms with E-state index in [0.29, 0.717) is 11.4 Å². The molecule has 0 N–H and O–H groups in total. The van der Waals surface area contributed by atoms with Crippen LogP contribution in [0.25, 0.3) is 6.08 Å². The van der Waals surface area contributed by atoms with E-state index >= 15 is 0 Å². The summed E-state index contributed by atoms with van der Waals surface area (Å²) >= 11 is 11.1. The molecule has 0 aliphatic heterocycles. The molecule has 0 fully saturated rings. The third kappa shape index (κ3) is 3.02. The van der Waals surface area contributed by atoms with Gasteiger partial charge in [0.1, 0.15) is 5.82 Å². The maximum absolute atomic E-state index is 13.2. The van der Waals surface area contributed by atoms with Gasteiger partial charge in [-0.15, -0.1) is 11.6 Å². The largest absolute Gasteiger partial charge is 0.205 e. The van der Waals surface area contributed by atoms with Gasteiger partial charge in [0.05, 0.1) is 5.02 Å². The van der Waals surface area contributed by atoms with Crippen LogP contribution in [-0.2, 0) is 0 Å². The molecule has 0 aliphatic carbocycles. The number of alkyl halides is 1. The van der Waals surface area contributed by atoms with Gasteiger partial charge in [-0.1, -0.05) is 35.9 Å². The van der Waals surface area contributed by atoms with Gasteiger partial charge in [-0.05, 0) is 12.5 Å². The zero-order valence-corrected chi connectivity index (χ0v) is 8.45. The summed E-state index contributed by atoms with van der Waals surface area (Å²) in [6.45, 7) is 0. The highest BCUT2D eigenvalue weighted by molar-refractivity contribution is 6.30. The molecule has 0 aliphatic rings. The Bertz CT molecular complexity index is 308. The minimum Gasteiger partial charge on any atom is -0.205 e. The van der Waals surface area contributed by atoms with Gasteiger partial charge in [-0.2, -0.15) is 0 Å². The summed E-state index contributed by atoms with van der Waals surface area (Å²) < 4.78 is 13.2. The van der Waals surface area contributed by atoms with Crippen molar-refractivity contribution in [3.8, 4) is 0 Å². The zero-order chi connectivity index (χ0) is 9.68. The van der Waals surface area contributed by atoms with Crippen LogP contribution in [0.5, 0.6) is 0 Å². The van der Waals surface area contributed by atoms with Crippen molar-refractivity contribution >= 4 is 29.3 Å². The van der Waals surface area contributed by atoms with E-state index in [4.69, 9.17) is 23.2 Å². The van der Waals surface area contributed by atoms with Crippen molar-refractivity contribution in [1.82, 2.24) is 0 Å². The fourth-order valence-corrected chi connectivity index (χ4v) is 1.23. The Balaban J connectivity index is 2.83. The monoisotopic (exact) mass is 218 g/mol. The predicted octanol–water partition coefficient (Wildman–Crippen LogP) is 4.12. The highest BCUT2D eigenvalue weighted by atomic mass is 35.5. The Morgan fingerprint density at radius 2 is 2.15 bits per heavy atom. The minimum atomic E-state index is -0.380. The Labute approximate surface area is 87.0 Å². The van der Waals surface area contributed by atoms with E-state index in [-0.39, 0.29) is 10.8 Å². The molecule has 70 valence electrons. The average Bonchev–Trinajstić information content (AvgIpc) is 2.13. The molecule has 0 bridgehead atoms. The number of hydrogen-bond donors (Lipinski definition) is 0. The topological polar surface area (TPSA) is 0 Å². The zero-order valence-electron chi connectivity index (χ0n) is 6.93. The van der Waals surface area contributed by atoms with Crippen LogP contribution in [0.4, 0.5) is 4.39 Å². The molecule has 0 amide bonds. The van der Waals surface area contributed by atoms with Gasteiger partial charge in [-0.3, -0.25) is 0 Å². The van der Waals surface area contributed by atoms with Crippen LogP contribution < -0.4 is 0 Å². The summed E-state index contributed by atoms with van der Waals surface area (Å²) in [5.74, 6) is 0.161. The first-order valence-electron chi connectivity index (χ1n) is 3.92. The Morgan fingerprint density at radius 1 is 1.38 bits per heavy atom. The van der Waals surface area contributed by atoms with E-state index in [1.165, 1.54) is 6.07 Å². The fraction of sp³-hybridized carbons (Fsp3) is 0.200. The number of benzene rings is 1. The van der Waals surface area contributed by atoms with Crippen LogP contribution in [0.2, 0.25) is 5.02 Å². The number of allylic oxidation sites excluding steroid dienone is 1. The first-order valence-corrected chi connectivity index (χ1v) is 4.83. The van der Waals surface area contributed by atoms with Gasteiger partial charge in [0.25, 0.3) is 0 Å². The van der Waals surface area contributed by atoms with Crippen molar-refractivity contribution in [1.29, 1.82) is 0 Å². The van der Waals surface area contributed by atoms with E-state index in [1.54, 1.807) is 18.2 Å². The van der Waals surface area contributed by atoms with Crippen molar-refractivity contribution in [3.63, 3.8) is 0 Å². The molecule has 13 heavy (non-hydrogen) atoms. The molecule has 0 radical (unpaired) electrons. The lowest BCUT2D eigenvalue weighted by atomic mass is 10.2. The highest BCUT2D eigenvalue weighted by Crippen LogP contribution is 2.18. The van der Waals surface area contributed by atoms with E-state index in [2.05, 4.69) is 0 Å². The van der Waals surface area contributed by atoms with Crippen molar-refractivity contribution in [2.45, 2.75) is 6.42 Å². The molecule has 0 aromatic heterocycles. The molecule has 1 rings (SSSR count). The standard InChI is InChI=1S/C10H9Cl2F/c11-7-2-1-4-8-5-3-6-9(12)10(8)13/h1,3-6H,2,7H2. The normalized spacial score (nSPS) is 11.0. The van der Waals surface area contributed by atoms with Crippen LogP contribution in [0.3, 0.4) is 0 Å². The lowest BCUT2D eigenvalue weighted by molar-refractivity contribution is 0.625. The molecular weight excluding hydrogens is 210 g/mol. The van der Waals surface area contributed by atoms with Crippen molar-refractivity contribution < 1.29 is 4.39 Å². The van der Waals surface area contributed by atoms with Gasteiger partial charge in [0, 0.05) is 11.4 Å². The summed E-state index contributed by atoms with van der Waals surface area (Å²) in [4.78, 5) is 0. The van der Waals surface area contributed by atoms with Crippen molar-refractivity contribution in [3.05, 3.63) is 40.7 Å². The SMILES string of the molecule is Fc1c(Cl)cccc1C=CCCCl. The molecule has 0 atom stereocenters. The third-order valence-corrected chi connectivity index (χ3v) is 2.06. The van der Waals surface area contributed by atoms with Crippen molar-refractivity contribution in [2.75, 3.05) is 5.88 Å². The number of rotatable bonds is 3. The summed E-state index contributed by atoms with van der Waals surface area (Å²) in [5, 5.41) is 0.146. The lowest BCUT2D eigenvalue weighted by Crippen LogP contribution is -1.82. The molecule has 0 heterocycles. The van der Waals surface area contributed by atoms with Gasteiger partial charge < -0.3 is 0 Å². The summed E-state index contributed by atoms with van der Waals surface area (Å²) in [6, 6.07) is 4.91. The quantitative estimate of drug-likeness (QED) is 0.670. The molecule has 0 nitrogen and oxygen atoms in total. The van der Waals surface area contributed by atoms with E-state index in [1.807, 2.05) is 6.08 Å². The van der Waals surface area contributed by atoms with Crippen LogP contribution >= 0.6 is 23.2 Å². The minimum absolute atomic E-state index is 0.146. The van der Waals surface area contributed by atoms with E-state index in [9.17, 15) is 4.39 Å². The molecule has 1 aromatic rings. The first-order chi connectivity index (χ1) is 6.25. The molecule has 0 saturated heterocycles. The maximum Gasteiger partial charge on any atom is 0.148 e. The number of halogens is 3. The first kappa shape index (κ1) is 10.6. The van der Waals surface area contributed by atoms with Gasteiger partial charge in [0.15, 0.2) is 0 Å². The highest BCUT2D eigenvalue weighted by Gasteiger charge is 2.01. The van der Waals surface area contributed by atoms with Gasteiger partial charge in [-0.25, -0.2) is 4.39 Å². The fourth-order valence-electron chi connectivity index (χ4n) is 0.922. The second kappa shape index (κ2) is 5.25. The maximum atomic E-state index is 13.2. The molecule has 1 aromatic carbocycles. The summed E-state index contributed by atoms with van der Waals surface area (Å²) in [6.07, 6.45) is 4.23. The smallest absolute Gasteiger partial charge is 0.148 e. The van der Waals surface area contributed by atoms with Gasteiger partial charge >= 0.3 is 0 Å². The van der Waals surface area contributed by atoms with E-state index < -0.39 is 0 Å². The van der Waals surface area contributed by atoms with Crippen LogP contribution in [0.15, 0.2) is 24.3 Å². The summed E-state index contributed by atoms with van der Waals surface area (Å²) in [5.41, 5.74) is 0.498. The van der Waals surface area contributed by atoms with Crippen LogP contribution in [-0.4, -0.2) is 5.88 Å². The lowest BCUT2D eigenvalue weighted by Gasteiger charge is -1.97. The Morgan fingerprint density at radius 3 is 2.85 bits per heavy atom. The van der Waals surface area contributed by atoms with Gasteiger partial charge in [0.2, 0.25) is 0 Å². The van der Waals surface area contributed by atoms with Crippen LogP contribution in [0, 0.1) is 5.82 Å². The third-order valence-electron chi connectivity index (χ3n) is 1.55. The Hall–Kier alpha value is -0.530.